The molecule has 1 unspecified atom stereocenters. The van der Waals surface area contributed by atoms with Gasteiger partial charge in [0.05, 0.1) is 16.9 Å². The highest BCUT2D eigenvalue weighted by Gasteiger charge is 2.26. The average molecular weight is 305 g/mol. The van der Waals surface area contributed by atoms with E-state index in [4.69, 9.17) is 11.6 Å². The third-order valence-corrected chi connectivity index (χ3v) is 3.19. The predicted octanol–water partition coefficient (Wildman–Crippen LogP) is 3.62. The minimum Gasteiger partial charge on any atom is -0.382 e. The van der Waals surface area contributed by atoms with Crippen molar-refractivity contribution in [2.75, 3.05) is 0 Å². The Bertz CT molecular complexity index is 643. The van der Waals surface area contributed by atoms with Crippen molar-refractivity contribution in [2.45, 2.75) is 26.0 Å². The average Bonchev–Trinajstić information content (AvgIpc) is 2.77. The zero-order valence-electron chi connectivity index (χ0n) is 10.7. The van der Waals surface area contributed by atoms with E-state index in [1.807, 2.05) is 0 Å². The van der Waals surface area contributed by atoms with Crippen LogP contribution in [0.4, 0.5) is 13.2 Å². The number of hydrogen-bond donors (Lipinski definition) is 1. The van der Waals surface area contributed by atoms with Gasteiger partial charge in [-0.25, -0.2) is 13.2 Å². The van der Waals surface area contributed by atoms with Crippen molar-refractivity contribution in [1.29, 1.82) is 0 Å². The van der Waals surface area contributed by atoms with E-state index in [2.05, 4.69) is 5.10 Å². The molecule has 0 aliphatic heterocycles. The molecular weight excluding hydrogens is 293 g/mol. The van der Waals surface area contributed by atoms with Gasteiger partial charge in [-0.3, -0.25) is 4.68 Å². The van der Waals surface area contributed by atoms with E-state index >= 15 is 0 Å². The van der Waals surface area contributed by atoms with Crippen LogP contribution in [0.25, 0.3) is 0 Å². The van der Waals surface area contributed by atoms with Crippen molar-refractivity contribution in [3.63, 3.8) is 0 Å². The fraction of sp³-hybridized carbons (Fsp3) is 0.308. The minimum atomic E-state index is -1.63. The molecule has 20 heavy (non-hydrogen) atoms. The highest BCUT2D eigenvalue weighted by Crippen LogP contribution is 2.32. The molecule has 2 aromatic rings. The first-order chi connectivity index (χ1) is 9.34. The molecule has 1 aromatic carbocycles. The van der Waals surface area contributed by atoms with Crippen LogP contribution in [-0.4, -0.2) is 14.9 Å². The van der Waals surface area contributed by atoms with Crippen LogP contribution in [0.3, 0.4) is 0 Å². The Morgan fingerprint density at radius 3 is 2.45 bits per heavy atom. The van der Waals surface area contributed by atoms with Crippen LogP contribution in [0.2, 0.25) is 5.02 Å². The first-order valence-electron chi connectivity index (χ1n) is 5.89. The first kappa shape index (κ1) is 14.9. The Hall–Kier alpha value is -1.53. The van der Waals surface area contributed by atoms with Crippen LogP contribution in [-0.2, 0) is 0 Å². The van der Waals surface area contributed by atoms with Crippen molar-refractivity contribution in [3.05, 3.63) is 52.1 Å². The van der Waals surface area contributed by atoms with Gasteiger partial charge < -0.3 is 5.11 Å². The van der Waals surface area contributed by atoms with Crippen LogP contribution >= 0.6 is 11.6 Å². The second-order valence-electron chi connectivity index (χ2n) is 4.58. The van der Waals surface area contributed by atoms with E-state index in [9.17, 15) is 18.3 Å². The molecular formula is C13H12ClF3N2O. The molecule has 1 atom stereocenters. The van der Waals surface area contributed by atoms with Crippen LogP contribution < -0.4 is 0 Å². The molecule has 108 valence electrons. The normalized spacial score (nSPS) is 13.0. The lowest BCUT2D eigenvalue weighted by Crippen LogP contribution is -2.14. The molecule has 7 heteroatoms. The minimum absolute atomic E-state index is 0.121. The van der Waals surface area contributed by atoms with Gasteiger partial charge >= 0.3 is 0 Å². The van der Waals surface area contributed by atoms with Gasteiger partial charge in [0.2, 0.25) is 0 Å². The highest BCUT2D eigenvalue weighted by molar-refractivity contribution is 6.31. The predicted molar refractivity (Wildman–Crippen MR) is 68.0 cm³/mol. The molecule has 1 N–H and O–H groups in total. The molecule has 1 aromatic heterocycles. The second kappa shape index (κ2) is 5.46. The van der Waals surface area contributed by atoms with Crippen molar-refractivity contribution in [2.24, 2.45) is 0 Å². The molecule has 0 spiro atoms. The number of aromatic nitrogens is 2. The fourth-order valence-electron chi connectivity index (χ4n) is 1.92. The Balaban J connectivity index is 2.55. The van der Waals surface area contributed by atoms with E-state index in [0.29, 0.717) is 0 Å². The Morgan fingerprint density at radius 2 is 1.85 bits per heavy atom. The number of nitrogens with zero attached hydrogens (tertiary/aromatic N) is 2. The van der Waals surface area contributed by atoms with Crippen molar-refractivity contribution in [1.82, 2.24) is 9.78 Å². The zero-order valence-corrected chi connectivity index (χ0v) is 11.5. The Labute approximate surface area is 118 Å². The second-order valence-corrected chi connectivity index (χ2v) is 4.99. The molecule has 0 saturated heterocycles. The summed E-state index contributed by atoms with van der Waals surface area (Å²) in [5.74, 6) is -4.39. The van der Waals surface area contributed by atoms with Gasteiger partial charge in [-0.1, -0.05) is 11.6 Å². The molecule has 1 heterocycles. The van der Waals surface area contributed by atoms with Crippen molar-refractivity contribution in [3.8, 4) is 0 Å². The summed E-state index contributed by atoms with van der Waals surface area (Å²) in [5, 5.41) is 14.3. The highest BCUT2D eigenvalue weighted by atomic mass is 35.5. The summed E-state index contributed by atoms with van der Waals surface area (Å²) >= 11 is 5.92. The first-order valence-corrected chi connectivity index (χ1v) is 6.26. The van der Waals surface area contributed by atoms with Gasteiger partial charge in [-0.05, 0) is 26.0 Å². The summed E-state index contributed by atoms with van der Waals surface area (Å²) in [4.78, 5) is 0. The van der Waals surface area contributed by atoms with E-state index in [-0.39, 0.29) is 16.8 Å². The van der Waals surface area contributed by atoms with Crippen LogP contribution in [0.5, 0.6) is 0 Å². The largest absolute Gasteiger partial charge is 0.382 e. The number of aliphatic hydroxyl groups excluding tert-OH is 1. The third kappa shape index (κ3) is 2.41. The molecule has 0 aliphatic carbocycles. The molecule has 0 bridgehead atoms. The van der Waals surface area contributed by atoms with E-state index < -0.39 is 29.1 Å². The zero-order chi connectivity index (χ0) is 15.0. The third-order valence-electron chi connectivity index (χ3n) is 2.89. The number of halogens is 4. The molecule has 0 saturated carbocycles. The van der Waals surface area contributed by atoms with E-state index in [1.165, 1.54) is 10.9 Å². The molecule has 2 rings (SSSR count). The maximum absolute atomic E-state index is 13.7. The molecule has 0 radical (unpaired) electrons. The van der Waals surface area contributed by atoms with Gasteiger partial charge in [-0.15, -0.1) is 0 Å². The smallest absolute Gasteiger partial charge is 0.194 e. The molecule has 3 nitrogen and oxygen atoms in total. The summed E-state index contributed by atoms with van der Waals surface area (Å²) in [6.45, 7) is 3.59. The Morgan fingerprint density at radius 1 is 1.20 bits per heavy atom. The Kier molecular flexibility index (Phi) is 4.06. The monoisotopic (exact) mass is 304 g/mol. The van der Waals surface area contributed by atoms with Gasteiger partial charge in [0.15, 0.2) is 17.5 Å². The quantitative estimate of drug-likeness (QED) is 0.880. The SMILES string of the molecule is CC(C)n1ncc(Cl)c1C(O)c1ccc(F)c(F)c1F. The lowest BCUT2D eigenvalue weighted by molar-refractivity contribution is 0.198. The fourth-order valence-corrected chi connectivity index (χ4v) is 2.15. The summed E-state index contributed by atoms with van der Waals surface area (Å²) in [6.07, 6.45) is -0.236. The van der Waals surface area contributed by atoms with Gasteiger partial charge in [0, 0.05) is 11.6 Å². The van der Waals surface area contributed by atoms with Gasteiger partial charge in [-0.2, -0.15) is 5.10 Å². The maximum Gasteiger partial charge on any atom is 0.194 e. The van der Waals surface area contributed by atoms with Gasteiger partial charge in [0.25, 0.3) is 0 Å². The lowest BCUT2D eigenvalue weighted by Gasteiger charge is -2.17. The van der Waals surface area contributed by atoms with E-state index in [0.717, 1.165) is 12.1 Å². The summed E-state index contributed by atoms with van der Waals surface area (Å²) in [6, 6.07) is 1.59. The van der Waals surface area contributed by atoms with Gasteiger partial charge in [0.1, 0.15) is 6.10 Å². The standard InChI is InChI=1S/C13H12ClF3N2O/c1-6(2)19-12(8(14)5-18-19)13(20)7-3-4-9(15)11(17)10(7)16/h3-6,13,20H,1-2H3. The maximum atomic E-state index is 13.7. The van der Waals surface area contributed by atoms with Crippen LogP contribution in [0, 0.1) is 17.5 Å². The lowest BCUT2D eigenvalue weighted by atomic mass is 10.0. The topological polar surface area (TPSA) is 38.0 Å². The number of hydrogen-bond acceptors (Lipinski definition) is 2. The number of benzene rings is 1. The van der Waals surface area contributed by atoms with E-state index in [1.54, 1.807) is 13.8 Å². The molecule has 0 aliphatic rings. The van der Waals surface area contributed by atoms with Crippen molar-refractivity contribution < 1.29 is 18.3 Å². The van der Waals surface area contributed by atoms with Crippen molar-refractivity contribution >= 4 is 11.6 Å². The molecule has 0 amide bonds. The summed E-state index contributed by atoms with van der Waals surface area (Å²) < 4.78 is 41.3. The van der Waals surface area contributed by atoms with Crippen LogP contribution in [0.1, 0.15) is 37.3 Å². The number of aliphatic hydroxyl groups is 1. The van der Waals surface area contributed by atoms with Crippen LogP contribution in [0.15, 0.2) is 18.3 Å². The number of rotatable bonds is 3. The summed E-state index contributed by atoms with van der Waals surface area (Å²) in [7, 11) is 0. The molecule has 0 fully saturated rings. The summed E-state index contributed by atoms with van der Waals surface area (Å²) in [5.41, 5.74) is -0.264.